The molecule has 0 aliphatic carbocycles. The second-order valence-corrected chi connectivity index (χ2v) is 16.8. The molecule has 1 rings (SSSR count). The van der Waals surface area contributed by atoms with Crippen molar-refractivity contribution in [2.45, 2.75) is 26.2 Å². The molecular formula is C37H69NO15Si. The highest BCUT2D eigenvalue weighted by Gasteiger charge is 2.13. The minimum atomic E-state index is -1.46. The largest absolute Gasteiger partial charge is 0.445 e. The summed E-state index contributed by atoms with van der Waals surface area (Å²) in [5.74, 6) is 0. The van der Waals surface area contributed by atoms with Gasteiger partial charge in [0.05, 0.1) is 165 Å². The number of ether oxygens (including phenoxy) is 13. The van der Waals surface area contributed by atoms with Crippen molar-refractivity contribution < 1.29 is 70.8 Å². The molecular weight excluding hydrogens is 726 g/mol. The van der Waals surface area contributed by atoms with Crippen LogP contribution < -0.4 is 5.32 Å². The Kier molecular flexibility index (Phi) is 36.7. The molecule has 1 amide bonds. The van der Waals surface area contributed by atoms with Crippen LogP contribution in [0.2, 0.25) is 19.6 Å². The topological polar surface area (TPSA) is 158 Å². The van der Waals surface area contributed by atoms with Crippen LogP contribution in [-0.4, -0.2) is 186 Å². The summed E-state index contributed by atoms with van der Waals surface area (Å²) < 4.78 is 76.6. The van der Waals surface area contributed by atoms with Crippen LogP contribution in [0.1, 0.15) is 5.56 Å². The molecule has 17 heteroatoms. The van der Waals surface area contributed by atoms with Crippen LogP contribution in [0.5, 0.6) is 0 Å². The number of carbonyl (C=O) groups excluding carboxylic acids is 1. The van der Waals surface area contributed by atoms with Crippen LogP contribution in [0.25, 0.3) is 0 Å². The Balaban J connectivity index is 1.63. The van der Waals surface area contributed by atoms with Crippen molar-refractivity contribution >= 4 is 14.4 Å². The van der Waals surface area contributed by atoms with Crippen LogP contribution >= 0.6 is 0 Å². The zero-order valence-electron chi connectivity index (χ0n) is 33.1. The lowest BCUT2D eigenvalue weighted by Crippen LogP contribution is -2.28. The highest BCUT2D eigenvalue weighted by Crippen LogP contribution is 2.02. The van der Waals surface area contributed by atoms with Gasteiger partial charge in [-0.25, -0.2) is 4.79 Å². The molecule has 316 valence electrons. The third-order valence-electron chi connectivity index (χ3n) is 6.58. The number of hydrogen-bond acceptors (Lipinski definition) is 15. The fourth-order valence-electron chi connectivity index (χ4n) is 3.93. The highest BCUT2D eigenvalue weighted by molar-refractivity contribution is 6.69. The van der Waals surface area contributed by atoms with E-state index in [1.54, 1.807) is 0 Å². The van der Waals surface area contributed by atoms with Gasteiger partial charge in [-0.2, -0.15) is 0 Å². The molecule has 0 atom stereocenters. The summed E-state index contributed by atoms with van der Waals surface area (Å²) in [7, 11) is -1.46. The van der Waals surface area contributed by atoms with Gasteiger partial charge in [0.15, 0.2) is 8.32 Å². The van der Waals surface area contributed by atoms with E-state index in [0.717, 1.165) is 5.56 Å². The minimum Gasteiger partial charge on any atom is -0.445 e. The second kappa shape index (κ2) is 39.4. The Hall–Kier alpha value is -1.81. The van der Waals surface area contributed by atoms with E-state index in [9.17, 15) is 4.79 Å². The van der Waals surface area contributed by atoms with E-state index < -0.39 is 14.4 Å². The number of amides is 1. The molecule has 0 aromatic heterocycles. The third-order valence-corrected chi connectivity index (χ3v) is 7.65. The van der Waals surface area contributed by atoms with Crippen molar-refractivity contribution in [2.24, 2.45) is 0 Å². The van der Waals surface area contributed by atoms with Crippen molar-refractivity contribution in [3.05, 3.63) is 35.9 Å². The second-order valence-electron chi connectivity index (χ2n) is 12.3. The molecule has 1 aromatic rings. The first-order valence-corrected chi connectivity index (χ1v) is 22.4. The maximum atomic E-state index is 11.7. The molecule has 0 unspecified atom stereocenters. The third kappa shape index (κ3) is 39.9. The first-order valence-electron chi connectivity index (χ1n) is 19.0. The molecule has 1 N–H and O–H groups in total. The number of hydrogen-bond donors (Lipinski definition) is 1. The fourth-order valence-corrected chi connectivity index (χ4v) is 4.62. The van der Waals surface area contributed by atoms with Gasteiger partial charge >= 0.3 is 6.09 Å². The Bertz CT molecular complexity index is 917. The predicted octanol–water partition coefficient (Wildman–Crippen LogP) is 2.96. The van der Waals surface area contributed by atoms with Crippen LogP contribution in [0.15, 0.2) is 30.3 Å². The zero-order chi connectivity index (χ0) is 38.9. The molecule has 54 heavy (non-hydrogen) atoms. The average Bonchev–Trinajstić information content (AvgIpc) is 3.16. The Morgan fingerprint density at radius 2 is 0.704 bits per heavy atom. The van der Waals surface area contributed by atoms with Crippen LogP contribution in [0.4, 0.5) is 4.79 Å². The lowest BCUT2D eigenvalue weighted by Gasteiger charge is -2.16. The van der Waals surface area contributed by atoms with Gasteiger partial charge in [0, 0.05) is 6.54 Å². The Morgan fingerprint density at radius 1 is 0.426 bits per heavy atom. The first-order chi connectivity index (χ1) is 26.5. The van der Waals surface area contributed by atoms with Gasteiger partial charge in [-0.05, 0) is 25.2 Å². The molecule has 0 spiro atoms. The zero-order valence-corrected chi connectivity index (χ0v) is 34.1. The summed E-state index contributed by atoms with van der Waals surface area (Å²) in [6.07, 6.45) is -0.470. The van der Waals surface area contributed by atoms with Gasteiger partial charge in [-0.3, -0.25) is 0 Å². The molecule has 0 heterocycles. The van der Waals surface area contributed by atoms with Crippen LogP contribution in [0.3, 0.4) is 0 Å². The highest BCUT2D eigenvalue weighted by atomic mass is 28.4. The molecule has 0 aliphatic heterocycles. The summed E-state index contributed by atoms with van der Waals surface area (Å²) in [5.41, 5.74) is 0.937. The minimum absolute atomic E-state index is 0.236. The van der Waals surface area contributed by atoms with Gasteiger partial charge in [-0.1, -0.05) is 30.3 Å². The number of alkyl carbamates (subject to hydrolysis) is 1. The van der Waals surface area contributed by atoms with Gasteiger partial charge in [0.1, 0.15) is 6.61 Å². The van der Waals surface area contributed by atoms with Crippen molar-refractivity contribution in [1.29, 1.82) is 0 Å². The number of benzene rings is 1. The fraction of sp³-hybridized carbons (Fsp3) is 0.811. The van der Waals surface area contributed by atoms with E-state index in [-0.39, 0.29) is 6.61 Å². The quantitative estimate of drug-likeness (QED) is 0.0760. The average molecular weight is 796 g/mol. The molecule has 0 radical (unpaired) electrons. The summed E-state index contributed by atoms with van der Waals surface area (Å²) in [4.78, 5) is 11.7. The van der Waals surface area contributed by atoms with Crippen molar-refractivity contribution in [2.75, 3.05) is 172 Å². The van der Waals surface area contributed by atoms with E-state index >= 15 is 0 Å². The molecule has 16 nitrogen and oxygen atoms in total. The first kappa shape index (κ1) is 50.2. The van der Waals surface area contributed by atoms with Crippen LogP contribution in [0, 0.1) is 0 Å². The standard InChI is InChI=1S/C37H69NO15Si/c1-54(2,3)53-34-33-51-32-31-50-30-29-49-28-27-48-26-25-47-24-23-46-22-21-45-20-19-44-18-17-43-16-15-42-14-13-41-12-11-40-10-9-38-37(39)52-35-36-7-5-4-6-8-36/h4-8H,9-35H2,1-3H3,(H,38,39). The van der Waals surface area contributed by atoms with E-state index in [1.165, 1.54) is 0 Å². The summed E-state index contributed by atoms with van der Waals surface area (Å²) >= 11 is 0. The molecule has 0 bridgehead atoms. The molecule has 0 aliphatic rings. The lowest BCUT2D eigenvalue weighted by molar-refractivity contribution is -0.0285. The summed E-state index contributed by atoms with van der Waals surface area (Å²) in [5, 5.41) is 2.64. The summed E-state index contributed by atoms with van der Waals surface area (Å²) in [6, 6.07) is 9.51. The van der Waals surface area contributed by atoms with Gasteiger partial charge in [0.2, 0.25) is 0 Å². The monoisotopic (exact) mass is 795 g/mol. The smallest absolute Gasteiger partial charge is 0.407 e. The van der Waals surface area contributed by atoms with E-state index in [4.69, 9.17) is 66.0 Å². The molecule has 0 saturated heterocycles. The molecule has 0 saturated carbocycles. The summed E-state index contributed by atoms with van der Waals surface area (Å²) in [6.45, 7) is 19.6. The van der Waals surface area contributed by atoms with Crippen molar-refractivity contribution in [3.8, 4) is 0 Å². The van der Waals surface area contributed by atoms with Gasteiger partial charge < -0.3 is 71.3 Å². The molecule has 0 fully saturated rings. The van der Waals surface area contributed by atoms with Crippen molar-refractivity contribution in [3.63, 3.8) is 0 Å². The maximum absolute atomic E-state index is 11.7. The van der Waals surface area contributed by atoms with E-state index in [2.05, 4.69) is 25.0 Å². The maximum Gasteiger partial charge on any atom is 0.407 e. The number of rotatable bonds is 42. The normalized spacial score (nSPS) is 11.7. The Morgan fingerprint density at radius 3 is 1.00 bits per heavy atom. The Labute approximate surface area is 324 Å². The number of nitrogens with one attached hydrogen (secondary N) is 1. The lowest BCUT2D eigenvalue weighted by atomic mass is 10.2. The van der Waals surface area contributed by atoms with E-state index in [1.807, 2.05) is 30.3 Å². The van der Waals surface area contributed by atoms with Gasteiger partial charge in [-0.15, -0.1) is 0 Å². The van der Waals surface area contributed by atoms with Gasteiger partial charge in [0.25, 0.3) is 0 Å². The van der Waals surface area contributed by atoms with Crippen LogP contribution in [-0.2, 0) is 72.6 Å². The van der Waals surface area contributed by atoms with E-state index in [0.29, 0.717) is 172 Å². The van der Waals surface area contributed by atoms with Crippen molar-refractivity contribution in [1.82, 2.24) is 5.32 Å². The SMILES string of the molecule is C[Si](C)(C)OCCOCCOCCOCCOCCOCCOCCOCCOCCOCCOCCOCCOCCNC(=O)OCc1ccccc1. The molecule has 1 aromatic carbocycles. The number of carbonyl (C=O) groups is 1. The predicted molar refractivity (Wildman–Crippen MR) is 204 cm³/mol.